The van der Waals surface area contributed by atoms with Crippen LogP contribution in [0.25, 0.3) is 0 Å². The molecule has 3 N–H and O–H groups in total. The number of rotatable bonds is 4. The van der Waals surface area contributed by atoms with Crippen LogP contribution in [0.2, 0.25) is 0 Å². The highest BCUT2D eigenvalue weighted by molar-refractivity contribution is 9.10. The van der Waals surface area contributed by atoms with Gasteiger partial charge in [-0.2, -0.15) is 0 Å². The first kappa shape index (κ1) is 12.2. The summed E-state index contributed by atoms with van der Waals surface area (Å²) in [6.45, 7) is 2.18. The molecule has 0 bridgehead atoms. The van der Waals surface area contributed by atoms with E-state index in [9.17, 15) is 4.79 Å². The van der Waals surface area contributed by atoms with E-state index in [2.05, 4.69) is 15.9 Å². The Kier molecular flexibility index (Phi) is 3.88. The summed E-state index contributed by atoms with van der Waals surface area (Å²) in [5, 5.41) is 8.84. The predicted molar refractivity (Wildman–Crippen MR) is 62.8 cm³/mol. The monoisotopic (exact) mass is 271 g/mol. The number of benzene rings is 1. The van der Waals surface area contributed by atoms with Crippen LogP contribution >= 0.6 is 15.9 Å². The fourth-order valence-corrected chi connectivity index (χ4v) is 1.89. The maximum absolute atomic E-state index is 10.8. The molecular weight excluding hydrogens is 258 g/mol. The Morgan fingerprint density at radius 2 is 2.27 bits per heavy atom. The molecule has 0 fully saturated rings. The summed E-state index contributed by atoms with van der Waals surface area (Å²) >= 11 is 3.36. The van der Waals surface area contributed by atoms with Crippen LogP contribution in [0.1, 0.15) is 18.9 Å². The molecule has 1 aromatic carbocycles. The van der Waals surface area contributed by atoms with Gasteiger partial charge >= 0.3 is 5.97 Å². The van der Waals surface area contributed by atoms with Crippen molar-refractivity contribution in [2.45, 2.75) is 18.8 Å². The first-order chi connectivity index (χ1) is 6.98. The van der Waals surface area contributed by atoms with Crippen LogP contribution in [0.5, 0.6) is 0 Å². The van der Waals surface area contributed by atoms with Crippen LogP contribution in [0, 0.1) is 0 Å². The first-order valence-electron chi connectivity index (χ1n) is 4.66. The van der Waals surface area contributed by atoms with Crippen molar-refractivity contribution in [2.75, 3.05) is 6.54 Å². The minimum Gasteiger partial charge on any atom is -0.481 e. The van der Waals surface area contributed by atoms with Gasteiger partial charge in [0.2, 0.25) is 0 Å². The van der Waals surface area contributed by atoms with Crippen molar-refractivity contribution in [2.24, 2.45) is 5.73 Å². The Morgan fingerprint density at radius 1 is 1.60 bits per heavy atom. The second kappa shape index (κ2) is 4.77. The Labute approximate surface area is 97.4 Å². The smallest absolute Gasteiger partial charge is 0.304 e. The molecule has 0 heterocycles. The summed E-state index contributed by atoms with van der Waals surface area (Å²) in [6, 6.07) is 7.60. The number of halogens is 1. The van der Waals surface area contributed by atoms with Crippen molar-refractivity contribution in [3.63, 3.8) is 0 Å². The molecule has 0 saturated heterocycles. The maximum Gasteiger partial charge on any atom is 0.304 e. The van der Waals surface area contributed by atoms with Crippen LogP contribution < -0.4 is 5.73 Å². The molecule has 0 saturated carbocycles. The van der Waals surface area contributed by atoms with E-state index >= 15 is 0 Å². The highest BCUT2D eigenvalue weighted by Crippen LogP contribution is 2.28. The molecule has 15 heavy (non-hydrogen) atoms. The van der Waals surface area contributed by atoms with E-state index in [-0.39, 0.29) is 6.42 Å². The molecule has 1 aromatic rings. The zero-order valence-corrected chi connectivity index (χ0v) is 10.1. The molecule has 4 heteroatoms. The van der Waals surface area contributed by atoms with Gasteiger partial charge in [0.05, 0.1) is 6.42 Å². The zero-order chi connectivity index (χ0) is 11.5. The third kappa shape index (κ3) is 3.04. The van der Waals surface area contributed by atoms with Gasteiger partial charge in [-0.15, -0.1) is 0 Å². The summed E-state index contributed by atoms with van der Waals surface area (Å²) in [7, 11) is 0. The normalized spacial score (nSPS) is 14.6. The minimum absolute atomic E-state index is 0.0416. The minimum atomic E-state index is -0.831. The Bertz CT molecular complexity index is 367. The second-order valence-electron chi connectivity index (χ2n) is 3.85. The topological polar surface area (TPSA) is 63.3 Å². The SMILES string of the molecule is CC(CN)(CC(=O)O)c1cccc(Br)c1. The lowest BCUT2D eigenvalue weighted by Gasteiger charge is -2.26. The molecule has 0 spiro atoms. The van der Waals surface area contributed by atoms with Crippen LogP contribution in [0.4, 0.5) is 0 Å². The predicted octanol–water partition coefficient (Wildman–Crippen LogP) is 2.14. The van der Waals surface area contributed by atoms with E-state index in [0.29, 0.717) is 6.54 Å². The summed E-state index contributed by atoms with van der Waals surface area (Å²) < 4.78 is 0.935. The molecule has 1 atom stereocenters. The van der Waals surface area contributed by atoms with Gasteiger partial charge < -0.3 is 10.8 Å². The van der Waals surface area contributed by atoms with Gasteiger partial charge in [-0.1, -0.05) is 35.0 Å². The number of nitrogens with two attached hydrogens (primary N) is 1. The van der Waals surface area contributed by atoms with Gasteiger partial charge in [0.15, 0.2) is 0 Å². The quantitative estimate of drug-likeness (QED) is 0.882. The van der Waals surface area contributed by atoms with Crippen molar-refractivity contribution in [1.29, 1.82) is 0 Å². The van der Waals surface area contributed by atoms with E-state index in [1.807, 2.05) is 31.2 Å². The van der Waals surface area contributed by atoms with Gasteiger partial charge in [0.1, 0.15) is 0 Å². The number of carboxylic acid groups (broad SMARTS) is 1. The fraction of sp³-hybridized carbons (Fsp3) is 0.364. The number of carboxylic acids is 1. The lowest BCUT2D eigenvalue weighted by molar-refractivity contribution is -0.138. The standard InChI is InChI=1S/C11H14BrNO2/c1-11(7-13,6-10(14)15)8-3-2-4-9(12)5-8/h2-5H,6-7,13H2,1H3,(H,14,15). The molecule has 1 rings (SSSR count). The van der Waals surface area contributed by atoms with Gasteiger partial charge in [-0.05, 0) is 17.7 Å². The summed E-state index contributed by atoms with van der Waals surface area (Å²) in [4.78, 5) is 10.8. The van der Waals surface area contributed by atoms with E-state index in [4.69, 9.17) is 10.8 Å². The molecule has 0 amide bonds. The van der Waals surface area contributed by atoms with Gasteiger partial charge in [-0.3, -0.25) is 4.79 Å². The van der Waals surface area contributed by atoms with Gasteiger partial charge in [-0.25, -0.2) is 0 Å². The molecular formula is C11H14BrNO2. The summed E-state index contributed by atoms with van der Waals surface area (Å²) in [5.74, 6) is -0.831. The third-order valence-corrected chi connectivity index (χ3v) is 3.01. The van der Waals surface area contributed by atoms with Crippen molar-refractivity contribution >= 4 is 21.9 Å². The molecule has 82 valence electrons. The summed E-state index contributed by atoms with van der Waals surface area (Å²) in [5.41, 5.74) is 6.10. The maximum atomic E-state index is 10.8. The highest BCUT2D eigenvalue weighted by atomic mass is 79.9. The zero-order valence-electron chi connectivity index (χ0n) is 8.53. The Balaban J connectivity index is 3.05. The summed E-state index contributed by atoms with van der Waals surface area (Å²) in [6.07, 6.45) is 0.0416. The highest BCUT2D eigenvalue weighted by Gasteiger charge is 2.28. The van der Waals surface area contributed by atoms with E-state index in [1.54, 1.807) is 0 Å². The first-order valence-corrected chi connectivity index (χ1v) is 5.45. The van der Waals surface area contributed by atoms with Crippen molar-refractivity contribution in [3.8, 4) is 0 Å². The lowest BCUT2D eigenvalue weighted by Crippen LogP contribution is -2.34. The van der Waals surface area contributed by atoms with Crippen LogP contribution in [-0.2, 0) is 10.2 Å². The van der Waals surface area contributed by atoms with E-state index in [1.165, 1.54) is 0 Å². The number of carbonyl (C=O) groups is 1. The van der Waals surface area contributed by atoms with Crippen molar-refractivity contribution in [3.05, 3.63) is 34.3 Å². The number of hydrogen-bond donors (Lipinski definition) is 2. The molecule has 0 aliphatic carbocycles. The molecule has 0 aliphatic rings. The van der Waals surface area contributed by atoms with E-state index < -0.39 is 11.4 Å². The average Bonchev–Trinajstić information content (AvgIpc) is 2.16. The second-order valence-corrected chi connectivity index (χ2v) is 4.76. The molecule has 1 unspecified atom stereocenters. The lowest BCUT2D eigenvalue weighted by atomic mass is 9.80. The van der Waals surface area contributed by atoms with Crippen molar-refractivity contribution < 1.29 is 9.90 Å². The van der Waals surface area contributed by atoms with Crippen molar-refractivity contribution in [1.82, 2.24) is 0 Å². The fourth-order valence-electron chi connectivity index (χ4n) is 1.49. The number of aliphatic carboxylic acids is 1. The molecule has 0 aromatic heterocycles. The molecule has 0 radical (unpaired) electrons. The molecule has 3 nitrogen and oxygen atoms in total. The Hall–Kier alpha value is -0.870. The largest absolute Gasteiger partial charge is 0.481 e. The average molecular weight is 272 g/mol. The van der Waals surface area contributed by atoms with Crippen LogP contribution in [0.3, 0.4) is 0 Å². The van der Waals surface area contributed by atoms with E-state index in [0.717, 1.165) is 10.0 Å². The number of hydrogen-bond acceptors (Lipinski definition) is 2. The third-order valence-electron chi connectivity index (χ3n) is 2.51. The van der Waals surface area contributed by atoms with Crippen LogP contribution in [-0.4, -0.2) is 17.6 Å². The van der Waals surface area contributed by atoms with Crippen LogP contribution in [0.15, 0.2) is 28.7 Å². The molecule has 0 aliphatic heterocycles. The van der Waals surface area contributed by atoms with Gasteiger partial charge in [0.25, 0.3) is 0 Å². The van der Waals surface area contributed by atoms with Gasteiger partial charge in [0, 0.05) is 16.4 Å². The Morgan fingerprint density at radius 3 is 2.73 bits per heavy atom.